The number of ether oxygens (including phenoxy) is 1. The normalized spacial score (nSPS) is 11.5. The van der Waals surface area contributed by atoms with Gasteiger partial charge in [-0.05, 0) is 13.8 Å². The van der Waals surface area contributed by atoms with Gasteiger partial charge in [0.05, 0.1) is 6.61 Å². The minimum atomic E-state index is -1.22. The third-order valence-electron chi connectivity index (χ3n) is 4.18. The van der Waals surface area contributed by atoms with Gasteiger partial charge in [-0.15, -0.1) is 0 Å². The number of hydrogen-bond acceptors (Lipinski definition) is 7. The van der Waals surface area contributed by atoms with Gasteiger partial charge in [-0.1, -0.05) is 24.3 Å². The van der Waals surface area contributed by atoms with Crippen LogP contribution in [0.25, 0.3) is 21.7 Å². The second-order valence-electron chi connectivity index (χ2n) is 5.92. The Labute approximate surface area is 154 Å². The molecule has 0 fully saturated rings. The van der Waals surface area contributed by atoms with Crippen LogP contribution in [0.15, 0.2) is 33.7 Å². The smallest absolute Gasteiger partial charge is 0.342 e. The summed E-state index contributed by atoms with van der Waals surface area (Å²) in [7, 11) is 0. The van der Waals surface area contributed by atoms with E-state index in [-0.39, 0.29) is 36.4 Å². The molecule has 27 heavy (non-hydrogen) atoms. The van der Waals surface area contributed by atoms with Gasteiger partial charge in [-0.25, -0.2) is 4.79 Å². The average molecular weight is 368 g/mol. The standard InChI is InChI=1S/C20H19NO6/c1-3-26-20(25)16-11(2)27-19-13-7-5-4-6-12(13)18(24)14(17(16)19)10-21-9-8-15(22)23/h4-7,10,24H,3,8-9H2,1-2H3,(H,22,23)/p-1. The lowest BCUT2D eigenvalue weighted by Crippen LogP contribution is -2.22. The van der Waals surface area contributed by atoms with E-state index in [1.807, 2.05) is 0 Å². The van der Waals surface area contributed by atoms with Crippen molar-refractivity contribution in [2.75, 3.05) is 13.2 Å². The zero-order valence-corrected chi connectivity index (χ0v) is 14.9. The molecule has 0 saturated carbocycles. The van der Waals surface area contributed by atoms with Crippen molar-refractivity contribution in [3.05, 3.63) is 41.2 Å². The van der Waals surface area contributed by atoms with Gasteiger partial charge >= 0.3 is 5.97 Å². The summed E-state index contributed by atoms with van der Waals surface area (Å²) in [5.74, 6) is -1.48. The Balaban J connectivity index is 2.30. The van der Waals surface area contributed by atoms with Gasteiger partial charge in [0, 0.05) is 46.9 Å². The van der Waals surface area contributed by atoms with Gasteiger partial charge in [0.1, 0.15) is 22.7 Å². The molecule has 3 rings (SSSR count). The van der Waals surface area contributed by atoms with Crippen LogP contribution in [0.2, 0.25) is 0 Å². The lowest BCUT2D eigenvalue weighted by Gasteiger charge is -2.08. The van der Waals surface area contributed by atoms with Crippen LogP contribution in [-0.4, -0.2) is 36.4 Å². The number of phenolic OH excluding ortho intramolecular Hbond substituents is 1. The van der Waals surface area contributed by atoms with E-state index in [2.05, 4.69) is 4.99 Å². The molecule has 140 valence electrons. The maximum Gasteiger partial charge on any atom is 0.342 e. The molecule has 0 saturated heterocycles. The number of aromatic hydroxyl groups is 1. The third kappa shape index (κ3) is 3.36. The number of aliphatic carboxylic acids is 1. The van der Waals surface area contributed by atoms with Gasteiger partial charge in [-0.3, -0.25) is 4.99 Å². The van der Waals surface area contributed by atoms with E-state index in [4.69, 9.17) is 9.15 Å². The number of carbonyl (C=O) groups excluding carboxylic acids is 2. The molecule has 7 heteroatoms. The molecule has 3 aromatic rings. The first-order valence-electron chi connectivity index (χ1n) is 8.49. The van der Waals surface area contributed by atoms with Crippen molar-refractivity contribution in [3.8, 4) is 5.75 Å². The van der Waals surface area contributed by atoms with Crippen molar-refractivity contribution in [2.24, 2.45) is 4.99 Å². The summed E-state index contributed by atoms with van der Waals surface area (Å²) in [5, 5.41) is 22.9. The largest absolute Gasteiger partial charge is 0.550 e. The fourth-order valence-corrected chi connectivity index (χ4v) is 3.03. The first-order valence-corrected chi connectivity index (χ1v) is 8.49. The van der Waals surface area contributed by atoms with Crippen LogP contribution >= 0.6 is 0 Å². The number of aryl methyl sites for hydroxylation is 1. The number of fused-ring (bicyclic) bond motifs is 3. The lowest BCUT2D eigenvalue weighted by atomic mass is 9.98. The Morgan fingerprint density at radius 2 is 2.00 bits per heavy atom. The van der Waals surface area contributed by atoms with Crippen LogP contribution in [0.3, 0.4) is 0 Å². The van der Waals surface area contributed by atoms with E-state index in [1.165, 1.54) is 6.21 Å². The Kier molecular flexibility index (Phi) is 5.12. The van der Waals surface area contributed by atoms with Crippen molar-refractivity contribution < 1.29 is 29.0 Å². The number of carboxylic acid groups (broad SMARTS) is 1. The Bertz CT molecular complexity index is 1060. The summed E-state index contributed by atoms with van der Waals surface area (Å²) in [5.41, 5.74) is 0.932. The zero-order valence-electron chi connectivity index (χ0n) is 14.9. The van der Waals surface area contributed by atoms with Crippen molar-refractivity contribution in [3.63, 3.8) is 0 Å². The fourth-order valence-electron chi connectivity index (χ4n) is 3.03. The molecule has 0 atom stereocenters. The Hall–Kier alpha value is -3.35. The highest BCUT2D eigenvalue weighted by atomic mass is 16.5. The summed E-state index contributed by atoms with van der Waals surface area (Å²) < 4.78 is 11.0. The monoisotopic (exact) mass is 368 g/mol. The van der Waals surface area contributed by atoms with Crippen LogP contribution in [0.5, 0.6) is 5.75 Å². The van der Waals surface area contributed by atoms with Crippen LogP contribution < -0.4 is 5.11 Å². The van der Waals surface area contributed by atoms with Crippen molar-refractivity contribution >= 4 is 39.9 Å². The maximum absolute atomic E-state index is 12.5. The van der Waals surface area contributed by atoms with Crippen LogP contribution in [-0.2, 0) is 9.53 Å². The van der Waals surface area contributed by atoms with E-state index in [9.17, 15) is 19.8 Å². The Morgan fingerprint density at radius 3 is 2.67 bits per heavy atom. The highest BCUT2D eigenvalue weighted by molar-refractivity contribution is 6.21. The first kappa shape index (κ1) is 18.4. The molecular formula is C20H18NO6-. The van der Waals surface area contributed by atoms with Gasteiger partial charge in [-0.2, -0.15) is 0 Å². The quantitative estimate of drug-likeness (QED) is 0.528. The number of rotatable bonds is 6. The second kappa shape index (κ2) is 7.49. The van der Waals surface area contributed by atoms with E-state index < -0.39 is 11.9 Å². The molecular weight excluding hydrogens is 350 g/mol. The van der Waals surface area contributed by atoms with Gasteiger partial charge in [0.15, 0.2) is 0 Å². The number of esters is 1. The highest BCUT2D eigenvalue weighted by Crippen LogP contribution is 2.40. The maximum atomic E-state index is 12.5. The number of aliphatic imine (C=N–C) groups is 1. The van der Waals surface area contributed by atoms with E-state index in [0.717, 1.165) is 0 Å². The van der Waals surface area contributed by atoms with Crippen molar-refractivity contribution in [1.29, 1.82) is 0 Å². The molecule has 7 nitrogen and oxygen atoms in total. The number of hydrogen-bond donors (Lipinski definition) is 1. The van der Waals surface area contributed by atoms with E-state index in [1.54, 1.807) is 38.1 Å². The molecule has 2 aromatic carbocycles. The zero-order chi connectivity index (χ0) is 19.6. The number of benzene rings is 2. The summed E-state index contributed by atoms with van der Waals surface area (Å²) in [4.78, 5) is 27.1. The predicted octanol–water partition coefficient (Wildman–Crippen LogP) is 2.34. The molecule has 0 unspecified atom stereocenters. The molecule has 0 aliphatic rings. The summed E-state index contributed by atoms with van der Waals surface area (Å²) in [6.45, 7) is 3.53. The summed E-state index contributed by atoms with van der Waals surface area (Å²) in [6, 6.07) is 7.08. The summed E-state index contributed by atoms with van der Waals surface area (Å²) >= 11 is 0. The number of carboxylic acids is 1. The number of nitrogens with zero attached hydrogens (tertiary/aromatic N) is 1. The van der Waals surface area contributed by atoms with Crippen LogP contribution in [0.1, 0.15) is 35.0 Å². The molecule has 0 aliphatic heterocycles. The predicted molar refractivity (Wildman–Crippen MR) is 98.2 cm³/mol. The lowest BCUT2D eigenvalue weighted by molar-refractivity contribution is -0.305. The van der Waals surface area contributed by atoms with Crippen molar-refractivity contribution in [2.45, 2.75) is 20.3 Å². The van der Waals surface area contributed by atoms with Gasteiger partial charge < -0.3 is 24.2 Å². The average Bonchev–Trinajstić information content (AvgIpc) is 2.98. The van der Waals surface area contributed by atoms with Crippen LogP contribution in [0, 0.1) is 6.92 Å². The SMILES string of the molecule is CCOC(=O)c1c(C)oc2c1c(C=NCCC(=O)[O-])c(O)c1ccccc12. The minimum Gasteiger partial charge on any atom is -0.550 e. The summed E-state index contributed by atoms with van der Waals surface area (Å²) in [6.07, 6.45) is 1.11. The molecule has 0 spiro atoms. The topological polar surface area (TPSA) is 112 Å². The number of furan rings is 1. The molecule has 1 aromatic heterocycles. The second-order valence-corrected chi connectivity index (χ2v) is 5.92. The number of phenols is 1. The molecule has 1 heterocycles. The fraction of sp³-hybridized carbons (Fsp3) is 0.250. The van der Waals surface area contributed by atoms with Gasteiger partial charge in [0.25, 0.3) is 0 Å². The van der Waals surface area contributed by atoms with Crippen molar-refractivity contribution in [1.82, 2.24) is 0 Å². The molecule has 0 aliphatic carbocycles. The molecule has 0 amide bonds. The number of carbonyl (C=O) groups is 2. The van der Waals surface area contributed by atoms with E-state index in [0.29, 0.717) is 27.5 Å². The third-order valence-corrected chi connectivity index (χ3v) is 4.18. The molecule has 0 radical (unpaired) electrons. The van der Waals surface area contributed by atoms with Crippen LogP contribution in [0.4, 0.5) is 0 Å². The van der Waals surface area contributed by atoms with Gasteiger partial charge in [0.2, 0.25) is 0 Å². The first-order chi connectivity index (χ1) is 13.0. The Morgan fingerprint density at radius 1 is 1.30 bits per heavy atom. The van der Waals surface area contributed by atoms with E-state index >= 15 is 0 Å². The highest BCUT2D eigenvalue weighted by Gasteiger charge is 2.25. The molecule has 0 bridgehead atoms. The minimum absolute atomic E-state index is 0.0122. The molecule has 1 N–H and O–H groups in total.